The lowest BCUT2D eigenvalue weighted by atomic mass is 9.75. The normalized spacial score (nSPS) is 38.3. The van der Waals surface area contributed by atoms with E-state index in [4.69, 9.17) is 9.84 Å². The van der Waals surface area contributed by atoms with E-state index in [0.29, 0.717) is 41.3 Å². The highest BCUT2D eigenvalue weighted by Gasteiger charge is 2.57. The van der Waals surface area contributed by atoms with Crippen molar-refractivity contribution in [3.05, 3.63) is 30.3 Å². The first-order valence-electron chi connectivity index (χ1n) is 11.7. The van der Waals surface area contributed by atoms with Gasteiger partial charge in [-0.25, -0.2) is 4.79 Å². The van der Waals surface area contributed by atoms with Crippen LogP contribution in [0.1, 0.15) is 59.3 Å². The van der Waals surface area contributed by atoms with E-state index in [0.717, 1.165) is 18.5 Å². The molecule has 1 aliphatic heterocycles. The number of nitrogens with zero attached hydrogens (tertiary/aromatic N) is 2. The molecule has 0 N–H and O–H groups in total. The molecule has 0 radical (unpaired) electrons. The quantitative estimate of drug-likeness (QED) is 0.652. The van der Waals surface area contributed by atoms with Crippen LogP contribution in [0.25, 0.3) is 0 Å². The summed E-state index contributed by atoms with van der Waals surface area (Å²) in [5.41, 5.74) is 1.80. The Kier molecular flexibility index (Phi) is 4.92. The van der Waals surface area contributed by atoms with Gasteiger partial charge in [-0.1, -0.05) is 45.4 Å². The molecular weight excluding hydrogens is 360 g/mol. The Morgan fingerprint density at radius 2 is 1.83 bits per heavy atom. The molecule has 1 heterocycles. The zero-order chi connectivity index (χ0) is 20.1. The van der Waals surface area contributed by atoms with Crippen LogP contribution in [0.3, 0.4) is 0 Å². The fourth-order valence-electron chi connectivity index (χ4n) is 6.68. The average Bonchev–Trinajstić information content (AvgIpc) is 3.41. The second-order valence-electron chi connectivity index (χ2n) is 10.3. The standard InChI is InChI=1S/C25H34N2O2/c1-15(2)20-12-9-16(3)13-21(20)29-25(28)23-22-17-10-11-18(14-17)24(22)27(26-23)19-7-5-4-6-8-19/h4-8,15-18,20-22,24H,9-14H2,1-3H3. The van der Waals surface area contributed by atoms with E-state index in [9.17, 15) is 4.79 Å². The van der Waals surface area contributed by atoms with Crippen LogP contribution < -0.4 is 5.01 Å². The third-order valence-electron chi connectivity index (χ3n) is 8.14. The molecule has 1 aromatic rings. The lowest BCUT2D eigenvalue weighted by Crippen LogP contribution is -2.41. The molecule has 4 heteroatoms. The van der Waals surface area contributed by atoms with E-state index >= 15 is 0 Å². The SMILES string of the molecule is CC1CCC(C(C)C)C(OC(=O)C2=NN(c3ccccc3)C3C4CCC(C4)C23)C1. The van der Waals surface area contributed by atoms with Crippen molar-refractivity contribution in [2.75, 3.05) is 5.01 Å². The van der Waals surface area contributed by atoms with Crippen LogP contribution in [0.15, 0.2) is 35.4 Å². The molecule has 0 spiro atoms. The molecule has 3 aliphatic carbocycles. The van der Waals surface area contributed by atoms with Crippen molar-refractivity contribution >= 4 is 17.4 Å². The molecule has 4 nitrogen and oxygen atoms in total. The van der Waals surface area contributed by atoms with Crippen LogP contribution >= 0.6 is 0 Å². The summed E-state index contributed by atoms with van der Waals surface area (Å²) < 4.78 is 6.22. The second-order valence-corrected chi connectivity index (χ2v) is 10.3. The summed E-state index contributed by atoms with van der Waals surface area (Å²) in [4.78, 5) is 13.4. The Morgan fingerprint density at radius 3 is 2.59 bits per heavy atom. The number of ether oxygens (including phenoxy) is 1. The van der Waals surface area contributed by atoms with E-state index in [2.05, 4.69) is 50.0 Å². The largest absolute Gasteiger partial charge is 0.458 e. The number of para-hydroxylation sites is 1. The van der Waals surface area contributed by atoms with E-state index in [-0.39, 0.29) is 18.0 Å². The Bertz CT molecular complexity index is 789. The summed E-state index contributed by atoms with van der Waals surface area (Å²) in [5, 5.41) is 7.06. The van der Waals surface area contributed by atoms with E-state index < -0.39 is 0 Å². The molecule has 3 fully saturated rings. The number of hydrazone groups is 1. The molecule has 156 valence electrons. The minimum atomic E-state index is -0.143. The molecule has 0 aromatic heterocycles. The van der Waals surface area contributed by atoms with Gasteiger partial charge in [-0.15, -0.1) is 0 Å². The Morgan fingerprint density at radius 1 is 1.07 bits per heavy atom. The molecule has 2 bridgehead atoms. The van der Waals surface area contributed by atoms with E-state index in [1.165, 1.54) is 25.7 Å². The van der Waals surface area contributed by atoms with Gasteiger partial charge < -0.3 is 4.74 Å². The number of hydrogen-bond donors (Lipinski definition) is 0. The van der Waals surface area contributed by atoms with Crippen LogP contribution in [-0.2, 0) is 9.53 Å². The van der Waals surface area contributed by atoms with Crippen LogP contribution in [-0.4, -0.2) is 23.8 Å². The number of hydrogen-bond acceptors (Lipinski definition) is 4. The fourth-order valence-corrected chi connectivity index (χ4v) is 6.68. The van der Waals surface area contributed by atoms with Crippen LogP contribution in [0.2, 0.25) is 0 Å². The molecule has 7 atom stereocenters. The summed E-state index contributed by atoms with van der Waals surface area (Å²) in [5.74, 6) is 2.99. The Balaban J connectivity index is 1.41. The molecular formula is C25H34N2O2. The average molecular weight is 395 g/mol. The summed E-state index contributed by atoms with van der Waals surface area (Å²) in [6.45, 7) is 6.81. The Hall–Kier alpha value is -1.84. The minimum Gasteiger partial charge on any atom is -0.458 e. The van der Waals surface area contributed by atoms with E-state index in [1.807, 2.05) is 6.07 Å². The summed E-state index contributed by atoms with van der Waals surface area (Å²) >= 11 is 0. The van der Waals surface area contributed by atoms with Crippen LogP contribution in [0.4, 0.5) is 5.69 Å². The maximum absolute atomic E-state index is 13.4. The van der Waals surface area contributed by atoms with Gasteiger partial charge in [0.25, 0.3) is 0 Å². The van der Waals surface area contributed by atoms with Crippen molar-refractivity contribution in [2.45, 2.75) is 71.4 Å². The maximum atomic E-state index is 13.4. The maximum Gasteiger partial charge on any atom is 0.355 e. The summed E-state index contributed by atoms with van der Waals surface area (Å²) in [6.07, 6.45) is 7.17. The fraction of sp³-hybridized carbons (Fsp3) is 0.680. The molecule has 0 amide bonds. The predicted octanol–water partition coefficient (Wildman–Crippen LogP) is 5.28. The van der Waals surface area contributed by atoms with Crippen molar-refractivity contribution in [3.8, 4) is 0 Å². The first-order valence-corrected chi connectivity index (χ1v) is 11.7. The van der Waals surface area contributed by atoms with E-state index in [1.54, 1.807) is 0 Å². The first-order chi connectivity index (χ1) is 14.0. The molecule has 3 saturated carbocycles. The zero-order valence-corrected chi connectivity index (χ0v) is 18.0. The lowest BCUT2D eigenvalue weighted by molar-refractivity contribution is -0.147. The van der Waals surface area contributed by atoms with Gasteiger partial charge in [0.2, 0.25) is 0 Å². The zero-order valence-electron chi connectivity index (χ0n) is 18.0. The number of esters is 1. The highest BCUT2D eigenvalue weighted by atomic mass is 16.5. The topological polar surface area (TPSA) is 41.9 Å². The summed E-state index contributed by atoms with van der Waals surface area (Å²) in [7, 11) is 0. The number of benzene rings is 1. The highest BCUT2D eigenvalue weighted by molar-refractivity contribution is 6.38. The first kappa shape index (κ1) is 19.1. The number of anilines is 1. The van der Waals surface area contributed by atoms with Gasteiger partial charge in [-0.05, 0) is 73.8 Å². The molecule has 4 aliphatic rings. The van der Waals surface area contributed by atoms with Gasteiger partial charge in [-0.2, -0.15) is 5.10 Å². The third kappa shape index (κ3) is 3.29. The van der Waals surface area contributed by atoms with Crippen LogP contribution in [0.5, 0.6) is 0 Å². The van der Waals surface area contributed by atoms with Gasteiger partial charge in [0.05, 0.1) is 11.7 Å². The number of carbonyl (C=O) groups is 1. The number of fused-ring (bicyclic) bond motifs is 5. The van der Waals surface area contributed by atoms with Crippen molar-refractivity contribution in [3.63, 3.8) is 0 Å². The van der Waals surface area contributed by atoms with Crippen molar-refractivity contribution < 1.29 is 9.53 Å². The molecule has 5 rings (SSSR count). The van der Waals surface area contributed by atoms with Gasteiger partial charge in [0, 0.05) is 5.92 Å². The Labute approximate surface area is 174 Å². The van der Waals surface area contributed by atoms with Crippen LogP contribution in [0, 0.1) is 35.5 Å². The molecule has 29 heavy (non-hydrogen) atoms. The van der Waals surface area contributed by atoms with Crippen molar-refractivity contribution in [1.82, 2.24) is 0 Å². The summed E-state index contributed by atoms with van der Waals surface area (Å²) in [6, 6.07) is 10.7. The number of rotatable bonds is 4. The number of carbonyl (C=O) groups excluding carboxylic acids is 1. The monoisotopic (exact) mass is 394 g/mol. The van der Waals surface area contributed by atoms with Gasteiger partial charge in [-0.3, -0.25) is 5.01 Å². The molecule has 7 unspecified atom stereocenters. The highest BCUT2D eigenvalue weighted by Crippen LogP contribution is 2.54. The molecule has 1 aromatic carbocycles. The smallest absolute Gasteiger partial charge is 0.355 e. The van der Waals surface area contributed by atoms with Gasteiger partial charge in [0.1, 0.15) is 6.10 Å². The van der Waals surface area contributed by atoms with Crippen molar-refractivity contribution in [1.29, 1.82) is 0 Å². The van der Waals surface area contributed by atoms with Gasteiger partial charge in [0.15, 0.2) is 5.71 Å². The van der Waals surface area contributed by atoms with Gasteiger partial charge >= 0.3 is 5.97 Å². The molecule has 0 saturated heterocycles. The lowest BCUT2D eigenvalue weighted by Gasteiger charge is -2.37. The predicted molar refractivity (Wildman–Crippen MR) is 116 cm³/mol. The second kappa shape index (κ2) is 7.45. The van der Waals surface area contributed by atoms with Crippen molar-refractivity contribution in [2.24, 2.45) is 40.6 Å². The minimum absolute atomic E-state index is 0.0387. The third-order valence-corrected chi connectivity index (χ3v) is 8.14.